The Hall–Kier alpha value is -1.80. The first kappa shape index (κ1) is 15.6. The fourth-order valence-corrected chi connectivity index (χ4v) is 2.28. The van der Waals surface area contributed by atoms with Crippen LogP contribution in [0.15, 0.2) is 54.6 Å². The summed E-state index contributed by atoms with van der Waals surface area (Å²) in [6, 6.07) is 19.1. The molecule has 0 aromatic heterocycles. The predicted molar refractivity (Wildman–Crippen MR) is 88.8 cm³/mol. The van der Waals surface area contributed by atoms with Crippen molar-refractivity contribution in [2.45, 2.75) is 32.7 Å². The van der Waals surface area contributed by atoms with Crippen LogP contribution in [0, 0.1) is 0 Å². The smallest absolute Gasteiger partial charge is 0.119 e. The summed E-state index contributed by atoms with van der Waals surface area (Å²) in [4.78, 5) is 0. The SMILES string of the molecule is CCCNC(COc1ccc(CC)cc1)c1ccccc1. The summed E-state index contributed by atoms with van der Waals surface area (Å²) in [7, 11) is 0. The van der Waals surface area contributed by atoms with Crippen molar-refractivity contribution in [2.75, 3.05) is 13.2 Å². The highest BCUT2D eigenvalue weighted by Crippen LogP contribution is 2.17. The van der Waals surface area contributed by atoms with Gasteiger partial charge in [-0.1, -0.05) is 56.3 Å². The molecule has 0 aliphatic rings. The van der Waals surface area contributed by atoms with Gasteiger partial charge in [0.05, 0.1) is 6.04 Å². The molecule has 21 heavy (non-hydrogen) atoms. The molecule has 2 rings (SSSR count). The Balaban J connectivity index is 1.97. The van der Waals surface area contributed by atoms with E-state index in [4.69, 9.17) is 4.74 Å². The summed E-state index contributed by atoms with van der Waals surface area (Å²) in [5.41, 5.74) is 2.61. The molecule has 0 spiro atoms. The van der Waals surface area contributed by atoms with Gasteiger partial charge in [-0.3, -0.25) is 0 Å². The molecule has 2 aromatic carbocycles. The third kappa shape index (κ3) is 4.91. The first-order valence-electron chi connectivity index (χ1n) is 7.83. The first-order chi connectivity index (χ1) is 10.3. The second kappa shape index (κ2) is 8.48. The third-order valence-corrected chi connectivity index (χ3v) is 3.59. The van der Waals surface area contributed by atoms with Crippen LogP contribution in [0.5, 0.6) is 5.75 Å². The molecular formula is C19H25NO. The van der Waals surface area contributed by atoms with E-state index in [0.29, 0.717) is 6.61 Å². The van der Waals surface area contributed by atoms with E-state index in [-0.39, 0.29) is 6.04 Å². The molecule has 0 aliphatic carbocycles. The van der Waals surface area contributed by atoms with Gasteiger partial charge in [-0.2, -0.15) is 0 Å². The Morgan fingerprint density at radius 2 is 1.67 bits per heavy atom. The number of aryl methyl sites for hydroxylation is 1. The second-order valence-electron chi connectivity index (χ2n) is 5.23. The van der Waals surface area contributed by atoms with Gasteiger partial charge >= 0.3 is 0 Å². The van der Waals surface area contributed by atoms with Crippen molar-refractivity contribution in [1.82, 2.24) is 5.32 Å². The lowest BCUT2D eigenvalue weighted by molar-refractivity contribution is 0.266. The van der Waals surface area contributed by atoms with Crippen LogP contribution < -0.4 is 10.1 Å². The minimum absolute atomic E-state index is 0.233. The second-order valence-corrected chi connectivity index (χ2v) is 5.23. The number of hydrogen-bond acceptors (Lipinski definition) is 2. The van der Waals surface area contributed by atoms with Gasteiger partial charge in [0.1, 0.15) is 12.4 Å². The van der Waals surface area contributed by atoms with Crippen LogP contribution in [-0.2, 0) is 6.42 Å². The highest BCUT2D eigenvalue weighted by molar-refractivity contribution is 5.27. The maximum atomic E-state index is 5.96. The van der Waals surface area contributed by atoms with E-state index in [9.17, 15) is 0 Å². The zero-order chi connectivity index (χ0) is 14.9. The fraction of sp³-hybridized carbons (Fsp3) is 0.368. The Morgan fingerprint density at radius 3 is 2.29 bits per heavy atom. The molecule has 2 heteroatoms. The summed E-state index contributed by atoms with van der Waals surface area (Å²) in [5, 5.41) is 3.55. The lowest BCUT2D eigenvalue weighted by atomic mass is 10.1. The number of rotatable bonds is 8. The lowest BCUT2D eigenvalue weighted by Gasteiger charge is -2.19. The van der Waals surface area contributed by atoms with Gasteiger partial charge in [-0.15, -0.1) is 0 Å². The summed E-state index contributed by atoms with van der Waals surface area (Å²) in [6.45, 7) is 5.99. The number of hydrogen-bond donors (Lipinski definition) is 1. The van der Waals surface area contributed by atoms with Crippen molar-refractivity contribution in [3.63, 3.8) is 0 Å². The van der Waals surface area contributed by atoms with Crippen molar-refractivity contribution in [1.29, 1.82) is 0 Å². The normalized spacial score (nSPS) is 12.1. The molecule has 1 unspecified atom stereocenters. The molecule has 0 radical (unpaired) electrons. The van der Waals surface area contributed by atoms with E-state index in [0.717, 1.165) is 25.1 Å². The summed E-state index contributed by atoms with van der Waals surface area (Å²) in [5.74, 6) is 0.937. The van der Waals surface area contributed by atoms with Crippen LogP contribution in [0.4, 0.5) is 0 Å². The van der Waals surface area contributed by atoms with Crippen molar-refractivity contribution < 1.29 is 4.74 Å². The van der Waals surface area contributed by atoms with Crippen molar-refractivity contribution in [2.24, 2.45) is 0 Å². The Bertz CT molecular complexity index is 507. The maximum Gasteiger partial charge on any atom is 0.119 e. The standard InChI is InChI=1S/C19H25NO/c1-3-14-20-19(17-8-6-5-7-9-17)15-21-18-12-10-16(4-2)11-13-18/h5-13,19-20H,3-4,14-15H2,1-2H3. The largest absolute Gasteiger partial charge is 0.492 e. The quantitative estimate of drug-likeness (QED) is 0.777. The van der Waals surface area contributed by atoms with Crippen LogP contribution in [0.3, 0.4) is 0 Å². The third-order valence-electron chi connectivity index (χ3n) is 3.59. The van der Waals surface area contributed by atoms with Crippen molar-refractivity contribution in [3.05, 3.63) is 65.7 Å². The van der Waals surface area contributed by atoms with Gasteiger partial charge in [-0.05, 0) is 42.6 Å². The maximum absolute atomic E-state index is 5.96. The fourth-order valence-electron chi connectivity index (χ4n) is 2.28. The zero-order valence-corrected chi connectivity index (χ0v) is 13.0. The van der Waals surface area contributed by atoms with Crippen LogP contribution in [-0.4, -0.2) is 13.2 Å². The summed E-state index contributed by atoms with van der Waals surface area (Å²) in [6.07, 6.45) is 2.18. The molecule has 1 atom stereocenters. The van der Waals surface area contributed by atoms with E-state index in [1.165, 1.54) is 11.1 Å². The monoisotopic (exact) mass is 283 g/mol. The van der Waals surface area contributed by atoms with E-state index in [1.54, 1.807) is 0 Å². The molecule has 0 saturated heterocycles. The summed E-state index contributed by atoms with van der Waals surface area (Å²) < 4.78 is 5.96. The predicted octanol–water partition coefficient (Wildman–Crippen LogP) is 4.37. The Kier molecular flexibility index (Phi) is 6.29. The molecule has 0 amide bonds. The molecular weight excluding hydrogens is 258 g/mol. The van der Waals surface area contributed by atoms with Gasteiger partial charge < -0.3 is 10.1 Å². The molecule has 1 N–H and O–H groups in total. The van der Waals surface area contributed by atoms with Crippen LogP contribution in [0.25, 0.3) is 0 Å². The van der Waals surface area contributed by atoms with Crippen LogP contribution in [0.2, 0.25) is 0 Å². The Labute approximate surface area is 128 Å². The highest BCUT2D eigenvalue weighted by Gasteiger charge is 2.11. The van der Waals surface area contributed by atoms with Gasteiger partial charge in [0.25, 0.3) is 0 Å². The van der Waals surface area contributed by atoms with Gasteiger partial charge in [0, 0.05) is 0 Å². The molecule has 0 saturated carbocycles. The Morgan fingerprint density at radius 1 is 0.952 bits per heavy atom. The molecule has 0 aliphatic heterocycles. The van der Waals surface area contributed by atoms with Crippen molar-refractivity contribution >= 4 is 0 Å². The molecule has 0 bridgehead atoms. The summed E-state index contributed by atoms with van der Waals surface area (Å²) >= 11 is 0. The molecule has 112 valence electrons. The molecule has 0 heterocycles. The minimum atomic E-state index is 0.233. The average molecular weight is 283 g/mol. The van der Waals surface area contributed by atoms with E-state index in [1.807, 2.05) is 6.07 Å². The zero-order valence-electron chi connectivity index (χ0n) is 13.0. The number of benzene rings is 2. The van der Waals surface area contributed by atoms with E-state index in [2.05, 4.69) is 67.7 Å². The van der Waals surface area contributed by atoms with Crippen LogP contribution in [0.1, 0.15) is 37.4 Å². The van der Waals surface area contributed by atoms with Crippen LogP contribution >= 0.6 is 0 Å². The highest BCUT2D eigenvalue weighted by atomic mass is 16.5. The topological polar surface area (TPSA) is 21.3 Å². The van der Waals surface area contributed by atoms with E-state index >= 15 is 0 Å². The number of nitrogens with one attached hydrogen (secondary N) is 1. The van der Waals surface area contributed by atoms with Gasteiger partial charge in [-0.25, -0.2) is 0 Å². The first-order valence-corrected chi connectivity index (χ1v) is 7.83. The molecule has 2 nitrogen and oxygen atoms in total. The van der Waals surface area contributed by atoms with Crippen molar-refractivity contribution in [3.8, 4) is 5.75 Å². The van der Waals surface area contributed by atoms with Gasteiger partial charge in [0.2, 0.25) is 0 Å². The average Bonchev–Trinajstić information content (AvgIpc) is 2.56. The minimum Gasteiger partial charge on any atom is -0.492 e. The molecule has 2 aromatic rings. The lowest BCUT2D eigenvalue weighted by Crippen LogP contribution is -2.27. The number of ether oxygens (including phenoxy) is 1. The van der Waals surface area contributed by atoms with Gasteiger partial charge in [0.15, 0.2) is 0 Å². The molecule has 0 fully saturated rings. The van der Waals surface area contributed by atoms with E-state index < -0.39 is 0 Å².